The minimum absolute atomic E-state index is 0.319. The Kier molecular flexibility index (Phi) is 6.54. The van der Waals surface area contributed by atoms with Gasteiger partial charge in [-0.15, -0.1) is 0 Å². The fraction of sp³-hybridized carbons (Fsp3) is 0.436. The molecule has 45 heavy (non-hydrogen) atoms. The summed E-state index contributed by atoms with van der Waals surface area (Å²) in [6.07, 6.45) is 12.0. The Morgan fingerprint density at radius 3 is 2.13 bits per heavy atom. The predicted octanol–water partition coefficient (Wildman–Crippen LogP) is 8.39. The van der Waals surface area contributed by atoms with Gasteiger partial charge in [0, 0.05) is 0 Å². The van der Waals surface area contributed by atoms with E-state index in [4.69, 9.17) is 9.97 Å². The Bertz CT molecular complexity index is 1870. The molecule has 4 aliphatic rings. The first-order valence-electron chi connectivity index (χ1n) is 17.3. The van der Waals surface area contributed by atoms with Crippen LogP contribution in [-0.2, 0) is 11.8 Å². The average Bonchev–Trinajstić information content (AvgIpc) is 3.90. The molecule has 5 aromatic rings. The molecule has 2 saturated heterocycles. The SMILES string of the molecule is C[C@@H]1CN[C@H](c2ncc(-c3ccc(-c4ccc(-c5ccc6nc([C@@H]7C[C@H](C)CN7)[nH]c6c5)c5c4C4(CCCC4)CC5)cc3)[nH]2)C1. The predicted molar refractivity (Wildman–Crippen MR) is 182 cm³/mol. The molecule has 2 aliphatic heterocycles. The molecule has 4 N–H and O–H groups in total. The molecular formula is C39H44N6. The van der Waals surface area contributed by atoms with E-state index in [0.29, 0.717) is 29.3 Å². The van der Waals surface area contributed by atoms with Gasteiger partial charge < -0.3 is 20.6 Å². The molecule has 3 aromatic carbocycles. The molecule has 6 nitrogen and oxygen atoms in total. The van der Waals surface area contributed by atoms with Crippen molar-refractivity contribution in [1.82, 2.24) is 30.6 Å². The Morgan fingerprint density at radius 1 is 0.711 bits per heavy atom. The molecular weight excluding hydrogens is 552 g/mol. The van der Waals surface area contributed by atoms with Crippen molar-refractivity contribution in [3.63, 3.8) is 0 Å². The minimum atomic E-state index is 0.319. The van der Waals surface area contributed by atoms with Crippen molar-refractivity contribution >= 4 is 11.0 Å². The fourth-order valence-electron chi connectivity index (χ4n) is 9.16. The molecule has 0 amide bonds. The molecule has 6 heteroatoms. The van der Waals surface area contributed by atoms with Gasteiger partial charge in [-0.2, -0.15) is 0 Å². The van der Waals surface area contributed by atoms with E-state index in [1.54, 1.807) is 11.1 Å². The van der Waals surface area contributed by atoms with E-state index in [2.05, 4.69) is 89.0 Å². The van der Waals surface area contributed by atoms with Crippen LogP contribution in [0, 0.1) is 11.8 Å². The largest absolute Gasteiger partial charge is 0.341 e. The number of hydrogen-bond acceptors (Lipinski definition) is 4. The molecule has 0 radical (unpaired) electrons. The first kappa shape index (κ1) is 27.6. The van der Waals surface area contributed by atoms with Crippen molar-refractivity contribution in [2.24, 2.45) is 11.8 Å². The van der Waals surface area contributed by atoms with Gasteiger partial charge in [-0.25, -0.2) is 9.97 Å². The summed E-state index contributed by atoms with van der Waals surface area (Å²) in [5.74, 6) is 3.53. The number of imidazole rings is 2. The fourth-order valence-corrected chi connectivity index (χ4v) is 9.16. The number of rotatable bonds is 5. The van der Waals surface area contributed by atoms with Crippen molar-refractivity contribution in [2.45, 2.75) is 82.7 Å². The first-order chi connectivity index (χ1) is 22.0. The molecule has 3 fully saturated rings. The smallest absolute Gasteiger partial charge is 0.124 e. The Hall–Kier alpha value is -3.74. The maximum atomic E-state index is 4.97. The Balaban J connectivity index is 1.07. The lowest BCUT2D eigenvalue weighted by Gasteiger charge is -2.28. The number of fused-ring (bicyclic) bond motifs is 3. The lowest BCUT2D eigenvalue weighted by Crippen LogP contribution is -2.19. The third-order valence-electron chi connectivity index (χ3n) is 11.5. The monoisotopic (exact) mass is 596 g/mol. The zero-order chi connectivity index (χ0) is 30.1. The highest BCUT2D eigenvalue weighted by atomic mass is 15.1. The molecule has 0 unspecified atom stereocenters. The second kappa shape index (κ2) is 10.7. The molecule has 2 aliphatic carbocycles. The third kappa shape index (κ3) is 4.68. The lowest BCUT2D eigenvalue weighted by atomic mass is 9.76. The third-order valence-corrected chi connectivity index (χ3v) is 11.5. The molecule has 1 spiro atoms. The van der Waals surface area contributed by atoms with Crippen LogP contribution in [0.3, 0.4) is 0 Å². The lowest BCUT2D eigenvalue weighted by molar-refractivity contribution is 0.440. The standard InChI is InChI=1S/C39H44N6/c1-23-17-33(40-20-23)37-42-22-35(45-37)26-7-5-25(6-8-26)29-11-10-28(30-13-16-39(36(29)30)14-3-4-15-39)27-9-12-31-32(19-27)44-38(43-31)34-18-24(2)21-41-34/h5-12,19,22-24,33-34,40-41H,3-4,13-18,20-21H2,1-2H3,(H,42,45)(H,43,44)/t23-,24-,33-,34-/m0/s1. The topological polar surface area (TPSA) is 81.4 Å². The second-order valence-corrected chi connectivity index (χ2v) is 14.7. The van der Waals surface area contributed by atoms with Gasteiger partial charge in [-0.05, 0) is 120 Å². The van der Waals surface area contributed by atoms with Gasteiger partial charge in [0.15, 0.2) is 0 Å². The molecule has 4 heterocycles. The maximum absolute atomic E-state index is 4.97. The van der Waals surface area contributed by atoms with Crippen LogP contribution in [0.15, 0.2) is 60.8 Å². The highest BCUT2D eigenvalue weighted by Gasteiger charge is 2.43. The van der Waals surface area contributed by atoms with Crippen LogP contribution in [0.5, 0.6) is 0 Å². The average molecular weight is 597 g/mol. The summed E-state index contributed by atoms with van der Waals surface area (Å²) in [6, 6.07) is 21.5. The van der Waals surface area contributed by atoms with E-state index in [1.807, 2.05) is 6.20 Å². The summed E-state index contributed by atoms with van der Waals surface area (Å²) < 4.78 is 0. The summed E-state index contributed by atoms with van der Waals surface area (Å²) in [5.41, 5.74) is 13.5. The van der Waals surface area contributed by atoms with Crippen LogP contribution in [0.2, 0.25) is 0 Å². The van der Waals surface area contributed by atoms with E-state index < -0.39 is 0 Å². The van der Waals surface area contributed by atoms with Gasteiger partial charge in [-0.3, -0.25) is 0 Å². The van der Waals surface area contributed by atoms with Crippen molar-refractivity contribution < 1.29 is 0 Å². The maximum Gasteiger partial charge on any atom is 0.124 e. The van der Waals surface area contributed by atoms with Crippen molar-refractivity contribution in [2.75, 3.05) is 13.1 Å². The van der Waals surface area contributed by atoms with Crippen LogP contribution in [0.1, 0.15) is 93.7 Å². The van der Waals surface area contributed by atoms with Gasteiger partial charge >= 0.3 is 0 Å². The van der Waals surface area contributed by atoms with Crippen molar-refractivity contribution in [1.29, 1.82) is 0 Å². The molecule has 9 rings (SSSR count). The summed E-state index contributed by atoms with van der Waals surface area (Å²) in [4.78, 5) is 17.0. The number of H-pyrrole nitrogens is 2. The van der Waals surface area contributed by atoms with Crippen LogP contribution in [0.25, 0.3) is 44.5 Å². The van der Waals surface area contributed by atoms with Crippen LogP contribution in [0.4, 0.5) is 0 Å². The number of aromatic amines is 2. The number of hydrogen-bond donors (Lipinski definition) is 4. The number of benzene rings is 3. The minimum Gasteiger partial charge on any atom is -0.341 e. The number of nitrogens with zero attached hydrogens (tertiary/aromatic N) is 2. The van der Waals surface area contributed by atoms with Gasteiger partial charge in [0.1, 0.15) is 11.6 Å². The van der Waals surface area contributed by atoms with Crippen LogP contribution < -0.4 is 10.6 Å². The van der Waals surface area contributed by atoms with E-state index in [0.717, 1.165) is 60.7 Å². The molecule has 1 saturated carbocycles. The van der Waals surface area contributed by atoms with E-state index >= 15 is 0 Å². The normalized spacial score (nSPS) is 25.6. The van der Waals surface area contributed by atoms with Gasteiger partial charge in [0.05, 0.1) is 35.0 Å². The summed E-state index contributed by atoms with van der Waals surface area (Å²) in [6.45, 7) is 6.75. The van der Waals surface area contributed by atoms with E-state index in [-0.39, 0.29) is 0 Å². The summed E-state index contributed by atoms with van der Waals surface area (Å²) in [7, 11) is 0. The highest BCUT2D eigenvalue weighted by molar-refractivity contribution is 5.86. The summed E-state index contributed by atoms with van der Waals surface area (Å²) in [5, 5.41) is 7.24. The zero-order valence-electron chi connectivity index (χ0n) is 26.5. The van der Waals surface area contributed by atoms with Crippen LogP contribution in [-0.4, -0.2) is 33.0 Å². The van der Waals surface area contributed by atoms with Gasteiger partial charge in [0.2, 0.25) is 0 Å². The Labute approximate surface area is 265 Å². The van der Waals surface area contributed by atoms with E-state index in [9.17, 15) is 0 Å². The Morgan fingerprint density at radius 2 is 1.40 bits per heavy atom. The summed E-state index contributed by atoms with van der Waals surface area (Å²) >= 11 is 0. The second-order valence-electron chi connectivity index (χ2n) is 14.7. The molecule has 4 atom stereocenters. The van der Waals surface area contributed by atoms with E-state index in [1.165, 1.54) is 59.9 Å². The molecule has 230 valence electrons. The van der Waals surface area contributed by atoms with Crippen molar-refractivity contribution in [3.05, 3.63) is 83.6 Å². The highest BCUT2D eigenvalue weighted by Crippen LogP contribution is 2.55. The zero-order valence-corrected chi connectivity index (χ0v) is 26.5. The number of aromatic nitrogens is 4. The molecule has 2 aromatic heterocycles. The molecule has 0 bridgehead atoms. The number of nitrogens with one attached hydrogen (secondary N) is 4. The first-order valence-corrected chi connectivity index (χ1v) is 17.3. The van der Waals surface area contributed by atoms with Crippen LogP contribution >= 0.6 is 0 Å². The van der Waals surface area contributed by atoms with Gasteiger partial charge in [-0.1, -0.05) is 69.2 Å². The quantitative estimate of drug-likeness (QED) is 0.164. The van der Waals surface area contributed by atoms with Gasteiger partial charge in [0.25, 0.3) is 0 Å². The van der Waals surface area contributed by atoms with Crippen molar-refractivity contribution in [3.8, 4) is 33.5 Å².